The summed E-state index contributed by atoms with van der Waals surface area (Å²) in [6, 6.07) is 4.49. The molecule has 1 aliphatic rings. The summed E-state index contributed by atoms with van der Waals surface area (Å²) in [5.74, 6) is 0. The molecule has 0 aliphatic carbocycles. The lowest BCUT2D eigenvalue weighted by atomic mass is 9.94. The first-order valence-electron chi connectivity index (χ1n) is 5.00. The van der Waals surface area contributed by atoms with Crippen molar-refractivity contribution < 1.29 is 0 Å². The Morgan fingerprint density at radius 1 is 1.23 bits per heavy atom. The largest absolute Gasteiger partial charge is 0.374 e. The molecule has 0 bridgehead atoms. The average Bonchev–Trinajstić information content (AvgIpc) is 2.12. The fraction of sp³-hybridized carbons (Fsp3) is 0.500. The second-order valence-corrected chi connectivity index (χ2v) is 4.03. The molecule has 1 heterocycles. The number of rotatable bonds is 0. The molecule has 0 fully saturated rings. The van der Waals surface area contributed by atoms with Gasteiger partial charge in [0.1, 0.15) is 0 Å². The summed E-state index contributed by atoms with van der Waals surface area (Å²) in [7, 11) is 2.19. The van der Waals surface area contributed by atoms with Crippen LogP contribution in [-0.2, 0) is 6.42 Å². The first-order chi connectivity index (χ1) is 6.20. The van der Waals surface area contributed by atoms with Crippen LogP contribution >= 0.6 is 0 Å². The maximum atomic E-state index is 2.37. The maximum absolute atomic E-state index is 2.37. The van der Waals surface area contributed by atoms with Gasteiger partial charge in [-0.2, -0.15) is 0 Å². The number of nitrogens with zero attached hydrogens (tertiary/aromatic N) is 1. The first kappa shape index (κ1) is 8.61. The number of aryl methyl sites for hydroxylation is 1. The van der Waals surface area contributed by atoms with Crippen LogP contribution in [0.5, 0.6) is 0 Å². The van der Waals surface area contributed by atoms with E-state index in [4.69, 9.17) is 0 Å². The summed E-state index contributed by atoms with van der Waals surface area (Å²) in [5, 5.41) is 0. The minimum atomic E-state index is 1.20. The zero-order valence-electron chi connectivity index (χ0n) is 8.72. The number of benzene rings is 1. The van der Waals surface area contributed by atoms with Crippen molar-refractivity contribution >= 4 is 5.69 Å². The number of fused-ring (bicyclic) bond motifs is 1. The van der Waals surface area contributed by atoms with Crippen molar-refractivity contribution in [2.75, 3.05) is 18.5 Å². The normalized spacial score (nSPS) is 15.8. The van der Waals surface area contributed by atoms with E-state index in [9.17, 15) is 0 Å². The third-order valence-electron chi connectivity index (χ3n) is 3.18. The lowest BCUT2D eigenvalue weighted by molar-refractivity contribution is 0.739. The molecule has 1 heteroatoms. The van der Waals surface area contributed by atoms with E-state index < -0.39 is 0 Å². The highest BCUT2D eigenvalue weighted by molar-refractivity contribution is 5.59. The van der Waals surface area contributed by atoms with E-state index in [1.165, 1.54) is 36.2 Å². The molecule has 13 heavy (non-hydrogen) atoms. The van der Waals surface area contributed by atoms with Gasteiger partial charge in [0, 0.05) is 19.3 Å². The SMILES string of the molecule is Cc1ccc2c(c1C)CCCN2C. The first-order valence-corrected chi connectivity index (χ1v) is 5.00. The lowest BCUT2D eigenvalue weighted by Gasteiger charge is -2.29. The second kappa shape index (κ2) is 3.06. The molecule has 1 nitrogen and oxygen atoms in total. The molecule has 0 saturated heterocycles. The standard InChI is InChI=1S/C12H17N/c1-9-6-7-12-11(10(9)2)5-4-8-13(12)3/h6-7H,4-5,8H2,1-3H3. The molecule has 0 amide bonds. The molecule has 0 saturated carbocycles. The molecule has 0 N–H and O–H groups in total. The lowest BCUT2D eigenvalue weighted by Crippen LogP contribution is -2.25. The number of hydrogen-bond acceptors (Lipinski definition) is 1. The van der Waals surface area contributed by atoms with Crippen molar-refractivity contribution in [1.82, 2.24) is 0 Å². The predicted octanol–water partition coefficient (Wildman–Crippen LogP) is 2.69. The van der Waals surface area contributed by atoms with Gasteiger partial charge in [-0.25, -0.2) is 0 Å². The Hall–Kier alpha value is -0.980. The van der Waals surface area contributed by atoms with Crippen LogP contribution in [0.4, 0.5) is 5.69 Å². The predicted molar refractivity (Wildman–Crippen MR) is 57.5 cm³/mol. The van der Waals surface area contributed by atoms with E-state index in [1.54, 1.807) is 5.56 Å². The van der Waals surface area contributed by atoms with Gasteiger partial charge in [0.2, 0.25) is 0 Å². The second-order valence-electron chi connectivity index (χ2n) is 4.03. The number of anilines is 1. The summed E-state index contributed by atoms with van der Waals surface area (Å²) in [4.78, 5) is 2.37. The van der Waals surface area contributed by atoms with Gasteiger partial charge in [-0.05, 0) is 49.4 Å². The van der Waals surface area contributed by atoms with Crippen molar-refractivity contribution in [3.63, 3.8) is 0 Å². The highest BCUT2D eigenvalue weighted by atomic mass is 15.1. The molecule has 70 valence electrons. The zero-order chi connectivity index (χ0) is 9.42. The van der Waals surface area contributed by atoms with Gasteiger partial charge in [0.15, 0.2) is 0 Å². The Morgan fingerprint density at radius 3 is 2.77 bits per heavy atom. The molecule has 1 aromatic rings. The van der Waals surface area contributed by atoms with Crippen LogP contribution in [0, 0.1) is 13.8 Å². The van der Waals surface area contributed by atoms with Crippen LogP contribution in [0.2, 0.25) is 0 Å². The monoisotopic (exact) mass is 175 g/mol. The molecule has 2 rings (SSSR count). The minimum absolute atomic E-state index is 1.20. The molecule has 0 unspecified atom stereocenters. The van der Waals surface area contributed by atoms with E-state index in [-0.39, 0.29) is 0 Å². The Labute approximate surface area is 80.4 Å². The van der Waals surface area contributed by atoms with Gasteiger partial charge in [-0.1, -0.05) is 6.07 Å². The third kappa shape index (κ3) is 1.32. The quantitative estimate of drug-likeness (QED) is 0.586. The molecular weight excluding hydrogens is 158 g/mol. The average molecular weight is 175 g/mol. The molecule has 0 radical (unpaired) electrons. The summed E-state index contributed by atoms with van der Waals surface area (Å²) >= 11 is 0. The van der Waals surface area contributed by atoms with Crippen molar-refractivity contribution in [3.05, 3.63) is 28.8 Å². The summed E-state index contributed by atoms with van der Waals surface area (Å²) in [5.41, 5.74) is 5.92. The minimum Gasteiger partial charge on any atom is -0.374 e. The van der Waals surface area contributed by atoms with Crippen LogP contribution in [-0.4, -0.2) is 13.6 Å². The maximum Gasteiger partial charge on any atom is 0.0399 e. The molecule has 1 aromatic carbocycles. The molecule has 0 spiro atoms. The summed E-state index contributed by atoms with van der Waals surface area (Å²) in [6.07, 6.45) is 2.56. The highest BCUT2D eigenvalue weighted by Crippen LogP contribution is 2.29. The fourth-order valence-corrected chi connectivity index (χ4v) is 2.15. The van der Waals surface area contributed by atoms with E-state index in [0.29, 0.717) is 0 Å². The van der Waals surface area contributed by atoms with E-state index in [1.807, 2.05) is 0 Å². The smallest absolute Gasteiger partial charge is 0.0399 e. The van der Waals surface area contributed by atoms with Crippen molar-refractivity contribution in [2.45, 2.75) is 26.7 Å². The Balaban J connectivity index is 2.56. The Morgan fingerprint density at radius 2 is 2.00 bits per heavy atom. The van der Waals surface area contributed by atoms with Crippen LogP contribution in [0.15, 0.2) is 12.1 Å². The fourth-order valence-electron chi connectivity index (χ4n) is 2.15. The van der Waals surface area contributed by atoms with Crippen LogP contribution in [0.3, 0.4) is 0 Å². The Bertz CT molecular complexity index is 328. The van der Waals surface area contributed by atoms with E-state index in [0.717, 1.165) is 0 Å². The van der Waals surface area contributed by atoms with Gasteiger partial charge >= 0.3 is 0 Å². The highest BCUT2D eigenvalue weighted by Gasteiger charge is 2.15. The Kier molecular flexibility index (Phi) is 2.03. The molecule has 0 aromatic heterocycles. The number of hydrogen-bond donors (Lipinski definition) is 0. The summed E-state index contributed by atoms with van der Waals surface area (Å²) in [6.45, 7) is 5.65. The topological polar surface area (TPSA) is 3.24 Å². The van der Waals surface area contributed by atoms with E-state index >= 15 is 0 Å². The van der Waals surface area contributed by atoms with Crippen LogP contribution in [0.1, 0.15) is 23.1 Å². The van der Waals surface area contributed by atoms with Gasteiger partial charge in [-0.15, -0.1) is 0 Å². The molecule has 1 aliphatic heterocycles. The van der Waals surface area contributed by atoms with Gasteiger partial charge < -0.3 is 4.90 Å². The van der Waals surface area contributed by atoms with Crippen LogP contribution < -0.4 is 4.90 Å². The third-order valence-corrected chi connectivity index (χ3v) is 3.18. The summed E-state index contributed by atoms with van der Waals surface area (Å²) < 4.78 is 0. The zero-order valence-corrected chi connectivity index (χ0v) is 8.72. The van der Waals surface area contributed by atoms with Crippen molar-refractivity contribution in [1.29, 1.82) is 0 Å². The van der Waals surface area contributed by atoms with E-state index in [2.05, 4.69) is 37.9 Å². The van der Waals surface area contributed by atoms with Gasteiger partial charge in [-0.3, -0.25) is 0 Å². The van der Waals surface area contributed by atoms with Crippen molar-refractivity contribution in [2.24, 2.45) is 0 Å². The van der Waals surface area contributed by atoms with Crippen molar-refractivity contribution in [3.8, 4) is 0 Å². The molecule has 0 atom stereocenters. The van der Waals surface area contributed by atoms with Crippen LogP contribution in [0.25, 0.3) is 0 Å². The van der Waals surface area contributed by atoms with Gasteiger partial charge in [0.25, 0.3) is 0 Å². The van der Waals surface area contributed by atoms with Gasteiger partial charge in [0.05, 0.1) is 0 Å². The molecular formula is C12H17N.